The highest BCUT2D eigenvalue weighted by atomic mass is 16.2. The minimum absolute atomic E-state index is 0. The van der Waals surface area contributed by atoms with E-state index in [2.05, 4.69) is 46.9 Å². The van der Waals surface area contributed by atoms with Crippen LogP contribution in [0.2, 0.25) is 0 Å². The van der Waals surface area contributed by atoms with Crippen LogP contribution in [0.4, 0.5) is 11.4 Å². The molecule has 2 aliphatic heterocycles. The molecule has 3 aliphatic rings. The Bertz CT molecular complexity index is 1880. The van der Waals surface area contributed by atoms with E-state index in [9.17, 15) is 9.59 Å². The van der Waals surface area contributed by atoms with E-state index in [1.807, 2.05) is 60.7 Å². The van der Waals surface area contributed by atoms with Gasteiger partial charge in [0.15, 0.2) is 0 Å². The summed E-state index contributed by atoms with van der Waals surface area (Å²) in [6.45, 7) is 5.65. The number of benzene rings is 4. The summed E-state index contributed by atoms with van der Waals surface area (Å²) < 4.78 is 0. The van der Waals surface area contributed by atoms with E-state index in [4.69, 9.17) is 9.98 Å². The summed E-state index contributed by atoms with van der Waals surface area (Å²) in [5.41, 5.74) is 6.72. The quantitative estimate of drug-likeness (QED) is 0.161. The highest BCUT2D eigenvalue weighted by molar-refractivity contribution is 5.97. The number of aldehydes is 1. The van der Waals surface area contributed by atoms with Crippen molar-refractivity contribution < 1.29 is 9.59 Å². The maximum atomic E-state index is 13.8. The zero-order chi connectivity index (χ0) is 31.5. The lowest BCUT2D eigenvalue weighted by Gasteiger charge is -2.37. The molecule has 240 valence electrons. The molecule has 1 fully saturated rings. The Morgan fingerprint density at radius 3 is 2.45 bits per heavy atom. The normalized spacial score (nSPS) is 18.8. The van der Waals surface area contributed by atoms with Crippen LogP contribution < -0.4 is 15.6 Å². The third kappa shape index (κ3) is 6.66. The number of anilines is 1. The van der Waals surface area contributed by atoms with Gasteiger partial charge in [0.25, 0.3) is 5.91 Å². The lowest BCUT2D eigenvalue weighted by molar-refractivity contribution is -0.112. The molecule has 47 heavy (non-hydrogen) atoms. The highest BCUT2D eigenvalue weighted by Crippen LogP contribution is 2.36. The molecule has 0 bridgehead atoms. The molecule has 0 saturated heterocycles. The molecule has 0 radical (unpaired) electrons. The summed E-state index contributed by atoms with van der Waals surface area (Å²) in [4.78, 5) is 44.4. The van der Waals surface area contributed by atoms with Gasteiger partial charge in [-0.05, 0) is 72.1 Å². The van der Waals surface area contributed by atoms with Gasteiger partial charge < -0.3 is 14.6 Å². The minimum atomic E-state index is -0.495. The first kappa shape index (κ1) is 32.0. The molecule has 1 saturated carbocycles. The molecule has 4 aromatic rings. The predicted molar refractivity (Wildman–Crippen MR) is 188 cm³/mol. The van der Waals surface area contributed by atoms with Gasteiger partial charge in [0.1, 0.15) is 6.29 Å². The molecule has 2 heterocycles. The van der Waals surface area contributed by atoms with Gasteiger partial charge in [-0.25, -0.2) is 0 Å². The summed E-state index contributed by atoms with van der Waals surface area (Å²) in [6, 6.07) is 30.4. The number of fused-ring (bicyclic) bond motifs is 2. The van der Waals surface area contributed by atoms with Crippen LogP contribution in [0.1, 0.15) is 78.2 Å². The molecule has 7 heteroatoms. The van der Waals surface area contributed by atoms with Crippen LogP contribution in [0.25, 0.3) is 0 Å². The minimum Gasteiger partial charge on any atom is -0.362 e. The van der Waals surface area contributed by atoms with Crippen molar-refractivity contribution in [2.24, 2.45) is 15.0 Å². The van der Waals surface area contributed by atoms with Gasteiger partial charge in [0.05, 0.1) is 40.7 Å². The second-order valence-corrected chi connectivity index (χ2v) is 12.6. The number of hydrogen-bond acceptors (Lipinski definition) is 6. The van der Waals surface area contributed by atoms with Gasteiger partial charge in [-0.2, -0.15) is 0 Å². The van der Waals surface area contributed by atoms with Crippen molar-refractivity contribution in [3.8, 4) is 0 Å². The van der Waals surface area contributed by atoms with Gasteiger partial charge in [0.2, 0.25) is 0 Å². The molecule has 2 atom stereocenters. The van der Waals surface area contributed by atoms with Crippen LogP contribution in [-0.4, -0.2) is 42.4 Å². The average molecular weight is 626 g/mol. The van der Waals surface area contributed by atoms with Crippen molar-refractivity contribution in [2.45, 2.75) is 77.2 Å². The monoisotopic (exact) mass is 625 g/mol. The smallest absolute Gasteiger partial charge is 0.254 e. The Balaban J connectivity index is 0.00000386. The number of amides is 1. The number of hydrogen-bond donors (Lipinski definition) is 0. The van der Waals surface area contributed by atoms with E-state index in [0.717, 1.165) is 52.2 Å². The van der Waals surface area contributed by atoms with Gasteiger partial charge >= 0.3 is 0 Å². The number of aliphatic imine (C=N–C) groups is 1. The number of rotatable bonds is 8. The molecular weight excluding hydrogens is 582 g/mol. The van der Waals surface area contributed by atoms with Crippen molar-refractivity contribution in [3.05, 3.63) is 130 Å². The van der Waals surface area contributed by atoms with E-state index in [0.29, 0.717) is 43.3 Å². The van der Waals surface area contributed by atoms with Crippen LogP contribution in [0.3, 0.4) is 0 Å². The largest absolute Gasteiger partial charge is 0.362 e. The van der Waals surface area contributed by atoms with Crippen molar-refractivity contribution in [1.82, 2.24) is 4.90 Å². The van der Waals surface area contributed by atoms with Crippen molar-refractivity contribution in [1.29, 1.82) is 0 Å². The Hall–Kier alpha value is -4.91. The summed E-state index contributed by atoms with van der Waals surface area (Å²) in [7, 11) is 0. The predicted octanol–water partition coefficient (Wildman–Crippen LogP) is 6.75. The zero-order valence-electron chi connectivity index (χ0n) is 26.1. The van der Waals surface area contributed by atoms with Gasteiger partial charge in [-0.1, -0.05) is 87.4 Å². The molecule has 0 N–H and O–H groups in total. The Labute approximate surface area is 277 Å². The fourth-order valence-electron chi connectivity index (χ4n) is 7.24. The van der Waals surface area contributed by atoms with Crippen LogP contribution in [-0.2, 0) is 24.3 Å². The average Bonchev–Trinajstić information content (AvgIpc) is 3.13. The van der Waals surface area contributed by atoms with Gasteiger partial charge in [-0.15, -0.1) is 0 Å². The molecule has 7 rings (SSSR count). The first-order chi connectivity index (χ1) is 22.6. The van der Waals surface area contributed by atoms with Crippen LogP contribution in [0.15, 0.2) is 106 Å². The fraction of sp³-hybridized carbons (Fsp3) is 0.325. The maximum absolute atomic E-state index is 13.8. The van der Waals surface area contributed by atoms with Crippen molar-refractivity contribution >= 4 is 30.3 Å². The lowest BCUT2D eigenvalue weighted by Crippen LogP contribution is -2.45. The molecule has 1 aliphatic carbocycles. The van der Waals surface area contributed by atoms with E-state index in [1.165, 1.54) is 24.8 Å². The number of carbonyl (C=O) groups is 2. The van der Waals surface area contributed by atoms with Crippen molar-refractivity contribution in [2.75, 3.05) is 11.4 Å². The van der Waals surface area contributed by atoms with E-state index >= 15 is 0 Å². The Morgan fingerprint density at radius 2 is 1.68 bits per heavy atom. The van der Waals surface area contributed by atoms with E-state index in [1.54, 1.807) is 4.90 Å². The summed E-state index contributed by atoms with van der Waals surface area (Å²) >= 11 is 0. The van der Waals surface area contributed by atoms with Crippen molar-refractivity contribution in [3.63, 3.8) is 0 Å². The first-order valence-electron chi connectivity index (χ1n) is 16.4. The fourth-order valence-corrected chi connectivity index (χ4v) is 7.24. The highest BCUT2D eigenvalue weighted by Gasteiger charge is 2.31. The number of carbonyl (C=O) groups excluding carboxylic acids is 2. The zero-order valence-corrected chi connectivity index (χ0v) is 26.1. The van der Waals surface area contributed by atoms with Crippen LogP contribution in [0, 0.1) is 0 Å². The second-order valence-electron chi connectivity index (χ2n) is 12.6. The standard InChI is InChI=1S/C39H39N5O2.CH4/c1-40-36-22-30(39(46)44-25-31-13-9-8-12-29(31)21-33(44)26-45)17-19-38(36)43(32-14-6-3-7-15-32)24-27-16-18-34-35(20-27)41-23-37(42-34)28-10-4-2-5-11-28;/h2,4-5,8-13,16-20,22,26,32-33,37H,1,3,6-7,14-15,21,23-25H2;1H4. The van der Waals surface area contributed by atoms with E-state index < -0.39 is 6.04 Å². The number of nitrogens with zero attached hydrogens (tertiary/aromatic N) is 5. The Kier molecular flexibility index (Phi) is 9.71. The third-order valence-corrected chi connectivity index (χ3v) is 9.73. The van der Waals surface area contributed by atoms with Crippen LogP contribution >= 0.6 is 0 Å². The lowest BCUT2D eigenvalue weighted by atomic mass is 9.92. The Morgan fingerprint density at radius 1 is 0.915 bits per heavy atom. The molecular formula is C40H43N5O2. The first-order valence-corrected chi connectivity index (χ1v) is 16.4. The maximum Gasteiger partial charge on any atom is 0.254 e. The summed E-state index contributed by atoms with van der Waals surface area (Å²) in [6.07, 6.45) is 7.26. The molecule has 1 amide bonds. The molecule has 0 spiro atoms. The topological polar surface area (TPSA) is 77.7 Å². The summed E-state index contributed by atoms with van der Waals surface area (Å²) in [5.74, 6) is -0.166. The molecule has 4 aromatic carbocycles. The SMILES string of the molecule is C.C=Nc1cc(C(=O)N2Cc3ccccc3CC2C=O)ccc1N(Cc1ccc2c(c1)=NCC(c1ccccc1)N=2)C1CCCCC1. The van der Waals surface area contributed by atoms with Gasteiger partial charge in [0, 0.05) is 31.1 Å². The second kappa shape index (κ2) is 14.2. The summed E-state index contributed by atoms with van der Waals surface area (Å²) in [5, 5.41) is 1.86. The molecule has 0 aromatic heterocycles. The van der Waals surface area contributed by atoms with Crippen LogP contribution in [0.5, 0.6) is 0 Å². The molecule has 7 nitrogen and oxygen atoms in total. The van der Waals surface area contributed by atoms with Gasteiger partial charge in [-0.3, -0.25) is 19.8 Å². The van der Waals surface area contributed by atoms with E-state index in [-0.39, 0.29) is 19.4 Å². The third-order valence-electron chi connectivity index (χ3n) is 9.73. The molecule has 2 unspecified atom stereocenters.